The van der Waals surface area contributed by atoms with Crippen molar-refractivity contribution in [2.24, 2.45) is 0 Å². The summed E-state index contributed by atoms with van der Waals surface area (Å²) in [5.74, 6) is 0.297. The largest absolute Gasteiger partial charge is 0.374 e. The Morgan fingerprint density at radius 1 is 1.47 bits per heavy atom. The lowest BCUT2D eigenvalue weighted by molar-refractivity contribution is 0.0256. The van der Waals surface area contributed by atoms with Gasteiger partial charge in [0.25, 0.3) is 0 Å². The van der Waals surface area contributed by atoms with Gasteiger partial charge in [-0.05, 0) is 25.2 Å². The van der Waals surface area contributed by atoms with Gasteiger partial charge in [-0.3, -0.25) is 4.79 Å². The van der Waals surface area contributed by atoms with Crippen molar-refractivity contribution >= 4 is 22.8 Å². The molecular weight excluding hydrogens is 260 g/mol. The van der Waals surface area contributed by atoms with E-state index >= 15 is 0 Å². The lowest BCUT2D eigenvalue weighted by Crippen LogP contribution is -2.48. The van der Waals surface area contributed by atoms with E-state index in [2.05, 4.69) is 18.7 Å². The quantitative estimate of drug-likeness (QED) is 0.799. The average Bonchev–Trinajstić information content (AvgIpc) is 3.04. The highest BCUT2D eigenvalue weighted by Gasteiger charge is 2.37. The van der Waals surface area contributed by atoms with Crippen LogP contribution in [0.1, 0.15) is 54.4 Å². The second-order valence-corrected chi connectivity index (χ2v) is 6.63. The highest BCUT2D eigenvalue weighted by Crippen LogP contribution is 2.36. The Hall–Kier alpha value is -0.940. The Balaban J connectivity index is 1.90. The fourth-order valence-corrected chi connectivity index (χ4v) is 4.23. The smallest absolute Gasteiger partial charge is 0.186 e. The van der Waals surface area contributed by atoms with Crippen LogP contribution in [0.15, 0.2) is 0 Å². The van der Waals surface area contributed by atoms with Gasteiger partial charge in [0, 0.05) is 6.54 Å². The predicted molar refractivity (Wildman–Crippen MR) is 76.3 cm³/mol. The van der Waals surface area contributed by atoms with Crippen molar-refractivity contribution in [2.75, 3.05) is 18.1 Å². The highest BCUT2D eigenvalue weighted by molar-refractivity contribution is 7.17. The Bertz CT molecular complexity index is 472. The van der Waals surface area contributed by atoms with Crippen LogP contribution in [-0.4, -0.2) is 36.6 Å². The number of aldehydes is 1. The molecule has 1 aliphatic heterocycles. The zero-order valence-electron chi connectivity index (χ0n) is 11.5. The molecule has 0 spiro atoms. The molecule has 0 bridgehead atoms. The third-order valence-corrected chi connectivity index (χ3v) is 5.09. The monoisotopic (exact) mass is 280 g/mol. The number of hydrogen-bond acceptors (Lipinski definition) is 5. The summed E-state index contributed by atoms with van der Waals surface area (Å²) in [7, 11) is 0. The van der Waals surface area contributed by atoms with E-state index in [1.54, 1.807) is 0 Å². The number of rotatable bonds is 3. The maximum Gasteiger partial charge on any atom is 0.186 e. The molecule has 2 aliphatic rings. The minimum absolute atomic E-state index is 0.297. The van der Waals surface area contributed by atoms with Crippen LogP contribution in [0.25, 0.3) is 0 Å². The van der Waals surface area contributed by atoms with E-state index in [4.69, 9.17) is 9.72 Å². The van der Waals surface area contributed by atoms with Crippen molar-refractivity contribution < 1.29 is 9.53 Å². The molecule has 1 aromatic heterocycles. The lowest BCUT2D eigenvalue weighted by Gasteiger charge is -2.37. The molecule has 3 rings (SSSR count). The summed E-state index contributed by atoms with van der Waals surface area (Å²) in [6, 6.07) is 0.458. The van der Waals surface area contributed by atoms with Gasteiger partial charge in [-0.2, -0.15) is 0 Å². The first-order chi connectivity index (χ1) is 9.20. The molecule has 2 unspecified atom stereocenters. The molecule has 0 N–H and O–H groups in total. The Kier molecular flexibility index (Phi) is 3.58. The standard InChI is InChI=1S/C14H20N2O2S/c1-9(2)13-12(8-17)19-14(15-13)16-6-7-18-11-5-3-4-10(11)16/h8-11H,3-7H2,1-2H3. The Labute approximate surface area is 117 Å². The van der Waals surface area contributed by atoms with E-state index < -0.39 is 0 Å². The molecule has 0 aromatic carbocycles. The number of nitrogens with zero attached hydrogens (tertiary/aromatic N) is 2. The van der Waals surface area contributed by atoms with Crippen molar-refractivity contribution in [3.8, 4) is 0 Å². The third-order valence-electron chi connectivity index (χ3n) is 4.05. The first kappa shape index (κ1) is 13.1. The molecule has 2 heterocycles. The van der Waals surface area contributed by atoms with E-state index in [-0.39, 0.29) is 0 Å². The molecule has 0 amide bonds. The number of ether oxygens (including phenoxy) is 1. The molecule has 1 saturated carbocycles. The number of carbonyl (C=O) groups is 1. The second kappa shape index (κ2) is 5.21. The molecule has 19 heavy (non-hydrogen) atoms. The molecule has 2 fully saturated rings. The fraction of sp³-hybridized carbons (Fsp3) is 0.714. The molecule has 104 valence electrons. The van der Waals surface area contributed by atoms with Crippen molar-refractivity contribution in [2.45, 2.75) is 51.2 Å². The van der Waals surface area contributed by atoms with Gasteiger partial charge in [0.05, 0.1) is 29.3 Å². The highest BCUT2D eigenvalue weighted by atomic mass is 32.1. The number of fused-ring (bicyclic) bond motifs is 1. The summed E-state index contributed by atoms with van der Waals surface area (Å²) >= 11 is 1.53. The maximum atomic E-state index is 11.2. The third kappa shape index (κ3) is 2.30. The average molecular weight is 280 g/mol. The number of anilines is 1. The van der Waals surface area contributed by atoms with Crippen LogP contribution in [0.4, 0.5) is 5.13 Å². The number of hydrogen-bond donors (Lipinski definition) is 0. The molecule has 4 nitrogen and oxygen atoms in total. The van der Waals surface area contributed by atoms with Crippen LogP contribution in [0.5, 0.6) is 0 Å². The van der Waals surface area contributed by atoms with Crippen molar-refractivity contribution in [3.05, 3.63) is 10.6 Å². The van der Waals surface area contributed by atoms with Crippen LogP contribution >= 0.6 is 11.3 Å². The zero-order chi connectivity index (χ0) is 13.4. The number of carbonyl (C=O) groups excluding carboxylic acids is 1. The fourth-order valence-electron chi connectivity index (χ4n) is 3.12. The van der Waals surface area contributed by atoms with E-state index in [0.29, 0.717) is 18.1 Å². The van der Waals surface area contributed by atoms with Crippen LogP contribution in [0.2, 0.25) is 0 Å². The Morgan fingerprint density at radius 3 is 3.00 bits per heavy atom. The molecule has 1 saturated heterocycles. The summed E-state index contributed by atoms with van der Waals surface area (Å²) in [6.07, 6.45) is 4.87. The zero-order valence-corrected chi connectivity index (χ0v) is 12.3. The van der Waals surface area contributed by atoms with Gasteiger partial charge in [0.1, 0.15) is 0 Å². The molecule has 0 radical (unpaired) electrons. The molecule has 1 aliphatic carbocycles. The molecule has 1 aromatic rings. The topological polar surface area (TPSA) is 42.4 Å². The lowest BCUT2D eigenvalue weighted by atomic mass is 10.1. The Morgan fingerprint density at radius 2 is 2.32 bits per heavy atom. The first-order valence-electron chi connectivity index (χ1n) is 7.05. The normalized spacial score (nSPS) is 26.8. The minimum atomic E-state index is 0.297. The van der Waals surface area contributed by atoms with E-state index in [1.165, 1.54) is 24.2 Å². The van der Waals surface area contributed by atoms with Gasteiger partial charge in [-0.15, -0.1) is 0 Å². The van der Waals surface area contributed by atoms with Crippen LogP contribution in [0.3, 0.4) is 0 Å². The van der Waals surface area contributed by atoms with E-state index in [1.807, 2.05) is 0 Å². The van der Waals surface area contributed by atoms with Gasteiger partial charge < -0.3 is 9.64 Å². The van der Waals surface area contributed by atoms with Gasteiger partial charge in [0.15, 0.2) is 11.4 Å². The van der Waals surface area contributed by atoms with Gasteiger partial charge in [0.2, 0.25) is 0 Å². The predicted octanol–water partition coefficient (Wildman–Crippen LogP) is 2.84. The van der Waals surface area contributed by atoms with Crippen molar-refractivity contribution in [3.63, 3.8) is 0 Å². The molecule has 5 heteroatoms. The summed E-state index contributed by atoms with van der Waals surface area (Å²) < 4.78 is 5.83. The number of morpholine rings is 1. The van der Waals surface area contributed by atoms with Crippen molar-refractivity contribution in [1.82, 2.24) is 4.98 Å². The van der Waals surface area contributed by atoms with Gasteiger partial charge in [-0.1, -0.05) is 25.2 Å². The number of aromatic nitrogens is 1. The van der Waals surface area contributed by atoms with Crippen molar-refractivity contribution in [1.29, 1.82) is 0 Å². The first-order valence-corrected chi connectivity index (χ1v) is 7.86. The van der Waals surface area contributed by atoms with Gasteiger partial charge in [-0.25, -0.2) is 4.98 Å². The summed E-state index contributed by atoms with van der Waals surface area (Å²) in [5.41, 5.74) is 0.941. The minimum Gasteiger partial charge on any atom is -0.374 e. The number of thiazole rings is 1. The summed E-state index contributed by atoms with van der Waals surface area (Å²) in [5, 5.41) is 1.01. The summed E-state index contributed by atoms with van der Waals surface area (Å²) in [4.78, 5) is 19.1. The van der Waals surface area contributed by atoms with Gasteiger partial charge >= 0.3 is 0 Å². The van der Waals surface area contributed by atoms with E-state index in [9.17, 15) is 4.79 Å². The summed E-state index contributed by atoms with van der Waals surface area (Å²) in [6.45, 7) is 5.84. The van der Waals surface area contributed by atoms with Crippen LogP contribution < -0.4 is 4.90 Å². The molecule has 2 atom stereocenters. The van der Waals surface area contributed by atoms with E-state index in [0.717, 1.165) is 41.6 Å². The second-order valence-electron chi connectivity index (χ2n) is 5.62. The SMILES string of the molecule is CC(C)c1nc(N2CCOC3CCCC32)sc1C=O. The van der Waals surface area contributed by atoms with Crippen LogP contribution in [-0.2, 0) is 4.74 Å². The molecular formula is C14H20N2O2S. The maximum absolute atomic E-state index is 11.2. The van der Waals surface area contributed by atoms with Crippen LogP contribution in [0, 0.1) is 0 Å².